The third kappa shape index (κ3) is 3.25. The van der Waals surface area contributed by atoms with Crippen molar-refractivity contribution in [2.45, 2.75) is 26.7 Å². The molecule has 0 radical (unpaired) electrons. The molecule has 0 atom stereocenters. The standard InChI is InChI=1S/C21H21NO2/c1-3-15-8-5-9-16(4-2)20(15)22-21(23)18-11-6-10-17(14-18)19-12-7-13-24-19/h5-14H,3-4H2,1-2H3,(H,22,23). The smallest absolute Gasteiger partial charge is 0.255 e. The molecule has 122 valence electrons. The van der Waals surface area contributed by atoms with Crippen molar-refractivity contribution in [1.29, 1.82) is 0 Å². The Labute approximate surface area is 142 Å². The summed E-state index contributed by atoms with van der Waals surface area (Å²) in [5, 5.41) is 3.10. The van der Waals surface area contributed by atoms with Crippen molar-refractivity contribution in [2.24, 2.45) is 0 Å². The maximum atomic E-state index is 12.7. The molecule has 0 spiro atoms. The summed E-state index contributed by atoms with van der Waals surface area (Å²) in [6.45, 7) is 4.20. The number of hydrogen-bond acceptors (Lipinski definition) is 2. The van der Waals surface area contributed by atoms with Crippen molar-refractivity contribution in [3.63, 3.8) is 0 Å². The lowest BCUT2D eigenvalue weighted by Crippen LogP contribution is -2.15. The number of aryl methyl sites for hydroxylation is 2. The van der Waals surface area contributed by atoms with Crippen LogP contribution in [0.15, 0.2) is 65.3 Å². The van der Waals surface area contributed by atoms with Gasteiger partial charge < -0.3 is 9.73 Å². The van der Waals surface area contributed by atoms with Crippen molar-refractivity contribution in [2.75, 3.05) is 5.32 Å². The maximum Gasteiger partial charge on any atom is 0.255 e. The van der Waals surface area contributed by atoms with Crippen LogP contribution in [-0.4, -0.2) is 5.91 Å². The molecule has 3 rings (SSSR count). The monoisotopic (exact) mass is 319 g/mol. The Bertz CT molecular complexity index is 813. The molecule has 1 N–H and O–H groups in total. The second kappa shape index (κ2) is 7.18. The van der Waals surface area contributed by atoms with Gasteiger partial charge in [-0.1, -0.05) is 44.2 Å². The van der Waals surface area contributed by atoms with E-state index in [1.165, 1.54) is 0 Å². The van der Waals surface area contributed by atoms with E-state index in [9.17, 15) is 4.79 Å². The Balaban J connectivity index is 1.90. The van der Waals surface area contributed by atoms with E-state index in [-0.39, 0.29) is 5.91 Å². The summed E-state index contributed by atoms with van der Waals surface area (Å²) in [4.78, 5) is 12.7. The summed E-state index contributed by atoms with van der Waals surface area (Å²) in [6.07, 6.45) is 3.40. The zero-order valence-corrected chi connectivity index (χ0v) is 14.0. The summed E-state index contributed by atoms with van der Waals surface area (Å²) < 4.78 is 5.41. The Morgan fingerprint density at radius 1 is 0.958 bits per heavy atom. The molecule has 0 unspecified atom stereocenters. The van der Waals surface area contributed by atoms with Gasteiger partial charge in [0.1, 0.15) is 5.76 Å². The lowest BCUT2D eigenvalue weighted by Gasteiger charge is -2.14. The van der Waals surface area contributed by atoms with Crippen LogP contribution >= 0.6 is 0 Å². The average Bonchev–Trinajstić information content (AvgIpc) is 3.16. The van der Waals surface area contributed by atoms with Gasteiger partial charge in [-0.15, -0.1) is 0 Å². The predicted octanol–water partition coefficient (Wildman–Crippen LogP) is 5.32. The van der Waals surface area contributed by atoms with E-state index in [1.807, 2.05) is 42.5 Å². The lowest BCUT2D eigenvalue weighted by atomic mass is 10.0. The first-order valence-corrected chi connectivity index (χ1v) is 8.29. The summed E-state index contributed by atoms with van der Waals surface area (Å²) in [6, 6.07) is 17.4. The fourth-order valence-corrected chi connectivity index (χ4v) is 2.85. The number of furan rings is 1. The lowest BCUT2D eigenvalue weighted by molar-refractivity contribution is 0.102. The van der Waals surface area contributed by atoms with Gasteiger partial charge in [0.05, 0.1) is 6.26 Å². The molecule has 0 saturated carbocycles. The molecular formula is C21H21NO2. The van der Waals surface area contributed by atoms with Gasteiger partial charge >= 0.3 is 0 Å². The molecule has 3 heteroatoms. The Morgan fingerprint density at radius 2 is 1.67 bits per heavy atom. The van der Waals surface area contributed by atoms with Gasteiger partial charge in [-0.25, -0.2) is 0 Å². The molecule has 3 aromatic rings. The number of carbonyl (C=O) groups excluding carboxylic acids is 1. The maximum absolute atomic E-state index is 12.7. The highest BCUT2D eigenvalue weighted by molar-refractivity contribution is 6.05. The number of hydrogen-bond donors (Lipinski definition) is 1. The quantitative estimate of drug-likeness (QED) is 0.691. The number of carbonyl (C=O) groups is 1. The minimum atomic E-state index is -0.0981. The van der Waals surface area contributed by atoms with Crippen molar-refractivity contribution < 1.29 is 9.21 Å². The van der Waals surface area contributed by atoms with Crippen molar-refractivity contribution >= 4 is 11.6 Å². The molecule has 1 aromatic heterocycles. The van der Waals surface area contributed by atoms with E-state index >= 15 is 0 Å². The van der Waals surface area contributed by atoms with Crippen LogP contribution in [0, 0.1) is 0 Å². The van der Waals surface area contributed by atoms with E-state index in [0.717, 1.165) is 41.0 Å². The molecule has 0 fully saturated rings. The molecule has 0 bridgehead atoms. The van der Waals surface area contributed by atoms with Crippen molar-refractivity contribution in [1.82, 2.24) is 0 Å². The van der Waals surface area contributed by atoms with Crippen LogP contribution in [0.5, 0.6) is 0 Å². The first kappa shape index (κ1) is 16.1. The molecular weight excluding hydrogens is 298 g/mol. The molecule has 2 aromatic carbocycles. The van der Waals surface area contributed by atoms with Crippen LogP contribution in [0.25, 0.3) is 11.3 Å². The van der Waals surface area contributed by atoms with E-state index < -0.39 is 0 Å². The molecule has 3 nitrogen and oxygen atoms in total. The van der Waals surface area contributed by atoms with E-state index in [2.05, 4.69) is 31.3 Å². The zero-order chi connectivity index (χ0) is 16.9. The highest BCUT2D eigenvalue weighted by Crippen LogP contribution is 2.25. The van der Waals surface area contributed by atoms with Crippen LogP contribution in [0.3, 0.4) is 0 Å². The molecule has 0 aliphatic heterocycles. The van der Waals surface area contributed by atoms with Crippen LogP contribution in [0.4, 0.5) is 5.69 Å². The van der Waals surface area contributed by atoms with E-state index in [4.69, 9.17) is 4.42 Å². The minimum absolute atomic E-state index is 0.0981. The molecule has 0 aliphatic rings. The molecule has 1 amide bonds. The predicted molar refractivity (Wildman–Crippen MR) is 97.3 cm³/mol. The van der Waals surface area contributed by atoms with Crippen LogP contribution in [-0.2, 0) is 12.8 Å². The summed E-state index contributed by atoms with van der Waals surface area (Å²) >= 11 is 0. The summed E-state index contributed by atoms with van der Waals surface area (Å²) in [5.74, 6) is 0.659. The van der Waals surface area contributed by atoms with Gasteiger partial charge in [-0.05, 0) is 48.2 Å². The van der Waals surface area contributed by atoms with Crippen molar-refractivity contribution in [3.8, 4) is 11.3 Å². The number of para-hydroxylation sites is 1. The van der Waals surface area contributed by atoms with Gasteiger partial charge in [-0.3, -0.25) is 4.79 Å². The number of rotatable bonds is 5. The van der Waals surface area contributed by atoms with Gasteiger partial charge in [0.2, 0.25) is 0 Å². The zero-order valence-electron chi connectivity index (χ0n) is 14.0. The van der Waals surface area contributed by atoms with Crippen LogP contribution < -0.4 is 5.32 Å². The molecule has 1 heterocycles. The fraction of sp³-hybridized carbons (Fsp3) is 0.190. The second-order valence-electron chi connectivity index (χ2n) is 5.67. The van der Waals surface area contributed by atoms with E-state index in [1.54, 1.807) is 6.26 Å². The first-order chi connectivity index (χ1) is 11.7. The van der Waals surface area contributed by atoms with Gasteiger partial charge in [-0.2, -0.15) is 0 Å². The van der Waals surface area contributed by atoms with Crippen LogP contribution in [0.2, 0.25) is 0 Å². The van der Waals surface area contributed by atoms with Gasteiger partial charge in [0.25, 0.3) is 5.91 Å². The molecule has 0 saturated heterocycles. The fourth-order valence-electron chi connectivity index (χ4n) is 2.85. The third-order valence-corrected chi connectivity index (χ3v) is 4.17. The Morgan fingerprint density at radius 3 is 2.29 bits per heavy atom. The SMILES string of the molecule is CCc1cccc(CC)c1NC(=O)c1cccc(-c2ccco2)c1. The largest absolute Gasteiger partial charge is 0.464 e. The Hall–Kier alpha value is -2.81. The van der Waals surface area contributed by atoms with Gasteiger partial charge in [0.15, 0.2) is 0 Å². The topological polar surface area (TPSA) is 42.2 Å². The molecule has 0 aliphatic carbocycles. The summed E-state index contributed by atoms with van der Waals surface area (Å²) in [7, 11) is 0. The first-order valence-electron chi connectivity index (χ1n) is 8.29. The van der Waals surface area contributed by atoms with Gasteiger partial charge in [0, 0.05) is 16.8 Å². The summed E-state index contributed by atoms with van der Waals surface area (Å²) in [5.41, 5.74) is 4.77. The highest BCUT2D eigenvalue weighted by Gasteiger charge is 2.13. The third-order valence-electron chi connectivity index (χ3n) is 4.17. The number of amides is 1. The highest BCUT2D eigenvalue weighted by atomic mass is 16.3. The average molecular weight is 319 g/mol. The van der Waals surface area contributed by atoms with Crippen molar-refractivity contribution in [3.05, 3.63) is 77.6 Å². The Kier molecular flexibility index (Phi) is 4.80. The number of nitrogens with one attached hydrogen (secondary N) is 1. The van der Waals surface area contributed by atoms with Crippen LogP contribution in [0.1, 0.15) is 35.3 Å². The number of benzene rings is 2. The molecule has 24 heavy (non-hydrogen) atoms. The second-order valence-corrected chi connectivity index (χ2v) is 5.67. The minimum Gasteiger partial charge on any atom is -0.464 e. The van der Waals surface area contributed by atoms with E-state index in [0.29, 0.717) is 5.56 Å². The number of anilines is 1. The normalized spacial score (nSPS) is 10.6.